The summed E-state index contributed by atoms with van der Waals surface area (Å²) in [5, 5.41) is 6.03. The largest absolute Gasteiger partial charge is 0.497 e. The molecule has 2 N–H and O–H groups in total. The summed E-state index contributed by atoms with van der Waals surface area (Å²) in [5.41, 5.74) is 0.935. The number of amides is 2. The van der Waals surface area contributed by atoms with Crippen molar-refractivity contribution in [1.82, 2.24) is 15.5 Å². The Bertz CT molecular complexity index is 840. The van der Waals surface area contributed by atoms with E-state index >= 15 is 0 Å². The van der Waals surface area contributed by atoms with Crippen LogP contribution in [0.15, 0.2) is 48.5 Å². The van der Waals surface area contributed by atoms with E-state index in [1.807, 2.05) is 24.3 Å². The fourth-order valence-corrected chi connectivity index (χ4v) is 3.00. The Balaban J connectivity index is 1.51. The highest BCUT2D eigenvalue weighted by Gasteiger charge is 2.29. The molecule has 29 heavy (non-hydrogen) atoms. The molecule has 2 aromatic carbocycles. The van der Waals surface area contributed by atoms with Crippen molar-refractivity contribution < 1.29 is 23.8 Å². The number of methoxy groups -OCH3 is 2. The fraction of sp³-hybridized carbons (Fsp3) is 0.333. The molecule has 1 fully saturated rings. The van der Waals surface area contributed by atoms with Crippen LogP contribution < -0.4 is 24.8 Å². The van der Waals surface area contributed by atoms with Gasteiger partial charge < -0.3 is 29.7 Å². The molecule has 1 atom stereocenters. The molecule has 0 aromatic heterocycles. The van der Waals surface area contributed by atoms with Crippen LogP contribution in [-0.4, -0.2) is 56.8 Å². The quantitative estimate of drug-likeness (QED) is 0.770. The molecule has 8 nitrogen and oxygen atoms in total. The van der Waals surface area contributed by atoms with Crippen LogP contribution in [0.3, 0.4) is 0 Å². The van der Waals surface area contributed by atoms with Crippen molar-refractivity contribution in [2.75, 3.05) is 33.9 Å². The Kier molecular flexibility index (Phi) is 6.91. The van der Waals surface area contributed by atoms with Gasteiger partial charge in [0.2, 0.25) is 5.91 Å². The number of ether oxygens (including phenoxy) is 3. The Labute approximate surface area is 169 Å². The standard InChI is InChI=1S/C21H25N3O5/c1-27-16-6-8-17(9-7-16)29-21(26)24-11-10-22-19(14-24)20(25)23-13-15-4-3-5-18(12-15)28-2/h3-9,12,19,22H,10-11,13-14H2,1-2H3,(H,23,25). The molecular weight excluding hydrogens is 374 g/mol. The van der Waals surface area contributed by atoms with Gasteiger partial charge in [-0.05, 0) is 42.0 Å². The van der Waals surface area contributed by atoms with Crippen LogP contribution in [0.2, 0.25) is 0 Å². The maximum absolute atomic E-state index is 12.5. The lowest BCUT2D eigenvalue weighted by molar-refractivity contribution is -0.124. The highest BCUT2D eigenvalue weighted by Crippen LogP contribution is 2.18. The number of nitrogens with zero attached hydrogens (tertiary/aromatic N) is 1. The van der Waals surface area contributed by atoms with Crippen molar-refractivity contribution in [3.05, 3.63) is 54.1 Å². The second kappa shape index (κ2) is 9.79. The summed E-state index contributed by atoms with van der Waals surface area (Å²) in [5.74, 6) is 1.67. The van der Waals surface area contributed by atoms with Gasteiger partial charge in [-0.2, -0.15) is 0 Å². The molecule has 1 unspecified atom stereocenters. The summed E-state index contributed by atoms with van der Waals surface area (Å²) in [7, 11) is 3.17. The minimum Gasteiger partial charge on any atom is -0.497 e. The Morgan fingerprint density at radius 3 is 2.52 bits per heavy atom. The van der Waals surface area contributed by atoms with Crippen molar-refractivity contribution in [2.24, 2.45) is 0 Å². The van der Waals surface area contributed by atoms with E-state index in [9.17, 15) is 9.59 Å². The number of rotatable bonds is 6. The Hall–Kier alpha value is -3.26. The zero-order valence-electron chi connectivity index (χ0n) is 16.5. The Morgan fingerprint density at radius 2 is 1.79 bits per heavy atom. The second-order valence-corrected chi connectivity index (χ2v) is 6.57. The predicted molar refractivity (Wildman–Crippen MR) is 107 cm³/mol. The third kappa shape index (κ3) is 5.61. The average molecular weight is 399 g/mol. The molecule has 3 rings (SSSR count). The van der Waals surface area contributed by atoms with Crippen LogP contribution >= 0.6 is 0 Å². The normalized spacial score (nSPS) is 16.1. The molecule has 0 spiro atoms. The minimum atomic E-state index is -0.502. The van der Waals surface area contributed by atoms with E-state index in [1.54, 1.807) is 38.5 Å². The minimum absolute atomic E-state index is 0.172. The zero-order valence-corrected chi connectivity index (χ0v) is 16.5. The monoisotopic (exact) mass is 399 g/mol. The van der Waals surface area contributed by atoms with Gasteiger partial charge >= 0.3 is 6.09 Å². The van der Waals surface area contributed by atoms with E-state index in [0.717, 1.165) is 11.3 Å². The van der Waals surface area contributed by atoms with Crippen molar-refractivity contribution in [3.8, 4) is 17.2 Å². The topological polar surface area (TPSA) is 89.1 Å². The van der Waals surface area contributed by atoms with E-state index in [1.165, 1.54) is 4.90 Å². The number of piperazine rings is 1. The van der Waals surface area contributed by atoms with Crippen LogP contribution in [0, 0.1) is 0 Å². The first-order valence-corrected chi connectivity index (χ1v) is 9.34. The van der Waals surface area contributed by atoms with Gasteiger partial charge in [0.05, 0.1) is 14.2 Å². The van der Waals surface area contributed by atoms with E-state index < -0.39 is 12.1 Å². The summed E-state index contributed by atoms with van der Waals surface area (Å²) in [6.07, 6.45) is -0.484. The van der Waals surface area contributed by atoms with Crippen LogP contribution in [0.25, 0.3) is 0 Å². The molecule has 1 aliphatic heterocycles. The summed E-state index contributed by atoms with van der Waals surface area (Å²) in [6.45, 7) is 1.59. The molecule has 0 aliphatic carbocycles. The van der Waals surface area contributed by atoms with Crippen LogP contribution in [-0.2, 0) is 11.3 Å². The third-order valence-corrected chi connectivity index (χ3v) is 4.62. The van der Waals surface area contributed by atoms with Gasteiger partial charge in [0.25, 0.3) is 0 Å². The van der Waals surface area contributed by atoms with E-state index in [2.05, 4.69) is 10.6 Å². The summed E-state index contributed by atoms with van der Waals surface area (Å²) >= 11 is 0. The van der Waals surface area contributed by atoms with Crippen LogP contribution in [0.5, 0.6) is 17.2 Å². The van der Waals surface area contributed by atoms with Gasteiger partial charge in [-0.1, -0.05) is 12.1 Å². The predicted octanol–water partition coefficient (Wildman–Crippen LogP) is 1.79. The molecule has 0 bridgehead atoms. The van der Waals surface area contributed by atoms with E-state index in [4.69, 9.17) is 14.2 Å². The lowest BCUT2D eigenvalue weighted by atomic mass is 10.1. The molecule has 8 heteroatoms. The van der Waals surface area contributed by atoms with Gasteiger partial charge in [0, 0.05) is 26.2 Å². The van der Waals surface area contributed by atoms with Crippen molar-refractivity contribution >= 4 is 12.0 Å². The first-order chi connectivity index (χ1) is 14.1. The molecule has 2 amide bonds. The molecule has 0 saturated carbocycles. The number of hydrogen-bond acceptors (Lipinski definition) is 6. The lowest BCUT2D eigenvalue weighted by Gasteiger charge is -2.32. The molecule has 0 radical (unpaired) electrons. The number of carbonyl (C=O) groups excluding carboxylic acids is 2. The molecule has 154 valence electrons. The molecule has 1 heterocycles. The first-order valence-electron chi connectivity index (χ1n) is 9.34. The highest BCUT2D eigenvalue weighted by atomic mass is 16.6. The number of hydrogen-bond donors (Lipinski definition) is 2. The van der Waals surface area contributed by atoms with Gasteiger partial charge in [0.1, 0.15) is 23.3 Å². The van der Waals surface area contributed by atoms with Gasteiger partial charge in [-0.15, -0.1) is 0 Å². The van der Waals surface area contributed by atoms with Crippen LogP contribution in [0.1, 0.15) is 5.56 Å². The van der Waals surface area contributed by atoms with Crippen molar-refractivity contribution in [1.29, 1.82) is 0 Å². The number of benzene rings is 2. The zero-order chi connectivity index (χ0) is 20.6. The Morgan fingerprint density at radius 1 is 1.07 bits per heavy atom. The summed E-state index contributed by atoms with van der Waals surface area (Å²) in [4.78, 5) is 26.5. The molecule has 1 saturated heterocycles. The first kappa shape index (κ1) is 20.5. The third-order valence-electron chi connectivity index (χ3n) is 4.62. The maximum atomic E-state index is 12.5. The maximum Gasteiger partial charge on any atom is 0.415 e. The fourth-order valence-electron chi connectivity index (χ4n) is 3.00. The van der Waals surface area contributed by atoms with Crippen molar-refractivity contribution in [3.63, 3.8) is 0 Å². The SMILES string of the molecule is COc1ccc(OC(=O)N2CCNC(C(=O)NCc3cccc(OC)c3)C2)cc1. The van der Waals surface area contributed by atoms with Crippen molar-refractivity contribution in [2.45, 2.75) is 12.6 Å². The van der Waals surface area contributed by atoms with Crippen LogP contribution in [0.4, 0.5) is 4.79 Å². The highest BCUT2D eigenvalue weighted by molar-refractivity contribution is 5.83. The lowest BCUT2D eigenvalue weighted by Crippen LogP contribution is -2.58. The number of nitrogens with one attached hydrogen (secondary N) is 2. The number of carbonyl (C=O) groups is 2. The summed E-state index contributed by atoms with van der Waals surface area (Å²) in [6, 6.07) is 13.8. The van der Waals surface area contributed by atoms with E-state index in [-0.39, 0.29) is 12.5 Å². The van der Waals surface area contributed by atoms with Gasteiger partial charge in [0.15, 0.2) is 0 Å². The summed E-state index contributed by atoms with van der Waals surface area (Å²) < 4.78 is 15.7. The average Bonchev–Trinajstić information content (AvgIpc) is 2.78. The molecule has 1 aliphatic rings. The smallest absolute Gasteiger partial charge is 0.415 e. The van der Waals surface area contributed by atoms with E-state index in [0.29, 0.717) is 31.1 Å². The second-order valence-electron chi connectivity index (χ2n) is 6.57. The molecule has 2 aromatic rings. The molecular formula is C21H25N3O5. The van der Waals surface area contributed by atoms with Gasteiger partial charge in [-0.25, -0.2) is 4.79 Å². The van der Waals surface area contributed by atoms with Gasteiger partial charge in [-0.3, -0.25) is 4.79 Å².